The van der Waals surface area contributed by atoms with Gasteiger partial charge in [0.1, 0.15) is 0 Å². The van der Waals surface area contributed by atoms with Crippen molar-refractivity contribution in [3.8, 4) is 0 Å². The van der Waals surface area contributed by atoms with Crippen molar-refractivity contribution in [3.63, 3.8) is 0 Å². The molecule has 0 amide bonds. The minimum absolute atomic E-state index is 0.660. The van der Waals surface area contributed by atoms with Gasteiger partial charge in [-0.3, -0.25) is 0 Å². The molecule has 1 atom stereocenters. The zero-order valence-electron chi connectivity index (χ0n) is 11.8. The molecule has 0 spiro atoms. The molecule has 3 aliphatic rings. The molecule has 3 fully saturated rings. The number of hydrogen-bond donors (Lipinski definition) is 1. The summed E-state index contributed by atoms with van der Waals surface area (Å²) < 4.78 is 0. The molecule has 2 bridgehead atoms. The van der Waals surface area contributed by atoms with Crippen molar-refractivity contribution < 1.29 is 0 Å². The van der Waals surface area contributed by atoms with Crippen LogP contribution in [0.3, 0.4) is 0 Å². The lowest BCUT2D eigenvalue weighted by atomic mass is 9.83. The van der Waals surface area contributed by atoms with Crippen LogP contribution in [-0.2, 0) is 0 Å². The maximum Gasteiger partial charge on any atom is 0.0417 e. The Hall–Kier alpha value is -1.02. The van der Waals surface area contributed by atoms with Gasteiger partial charge < -0.3 is 10.2 Å². The monoisotopic (exact) mass is 244 g/mol. The van der Waals surface area contributed by atoms with Crippen molar-refractivity contribution in [2.75, 3.05) is 25.0 Å². The molecular formula is C16H24N2. The number of nitrogens with zero attached hydrogens (tertiary/aromatic N) is 1. The maximum atomic E-state index is 3.83. The highest BCUT2D eigenvalue weighted by Crippen LogP contribution is 2.31. The predicted molar refractivity (Wildman–Crippen MR) is 77.2 cm³/mol. The van der Waals surface area contributed by atoms with Crippen molar-refractivity contribution in [2.45, 2.75) is 39.7 Å². The third kappa shape index (κ3) is 2.14. The molecule has 0 radical (unpaired) electrons. The van der Waals surface area contributed by atoms with Gasteiger partial charge in [0.15, 0.2) is 0 Å². The lowest BCUT2D eigenvalue weighted by molar-refractivity contribution is 0.0975. The molecule has 1 unspecified atom stereocenters. The van der Waals surface area contributed by atoms with Gasteiger partial charge in [-0.2, -0.15) is 0 Å². The van der Waals surface area contributed by atoms with E-state index in [0.29, 0.717) is 6.04 Å². The first kappa shape index (κ1) is 12.0. The molecule has 1 aromatic rings. The number of fused-ring (bicyclic) bond motifs is 3. The van der Waals surface area contributed by atoms with Gasteiger partial charge in [0.25, 0.3) is 0 Å². The van der Waals surface area contributed by atoms with Crippen molar-refractivity contribution in [2.24, 2.45) is 5.92 Å². The molecule has 4 rings (SSSR count). The summed E-state index contributed by atoms with van der Waals surface area (Å²) in [6.07, 6.45) is 2.75. The summed E-state index contributed by atoms with van der Waals surface area (Å²) in [6, 6.07) is 5.24. The van der Waals surface area contributed by atoms with E-state index in [1.807, 2.05) is 0 Å². The average Bonchev–Trinajstić information content (AvgIpc) is 2.35. The summed E-state index contributed by atoms with van der Waals surface area (Å²) in [5, 5.41) is 3.83. The second-order valence-electron chi connectivity index (χ2n) is 6.16. The van der Waals surface area contributed by atoms with Crippen LogP contribution in [-0.4, -0.2) is 30.6 Å². The number of rotatable bonds is 2. The van der Waals surface area contributed by atoms with Crippen LogP contribution in [0.5, 0.6) is 0 Å². The summed E-state index contributed by atoms with van der Waals surface area (Å²) in [5.41, 5.74) is 5.52. The molecule has 0 saturated carbocycles. The van der Waals surface area contributed by atoms with Gasteiger partial charge in [-0.1, -0.05) is 17.7 Å². The highest BCUT2D eigenvalue weighted by molar-refractivity contribution is 5.59. The van der Waals surface area contributed by atoms with Gasteiger partial charge in [0, 0.05) is 18.3 Å². The predicted octanol–water partition coefficient (Wildman–Crippen LogP) is 3.12. The molecule has 3 saturated heterocycles. The summed E-state index contributed by atoms with van der Waals surface area (Å²) in [7, 11) is 0. The number of anilines is 1. The van der Waals surface area contributed by atoms with Gasteiger partial charge in [0.05, 0.1) is 0 Å². The molecular weight excluding hydrogens is 220 g/mol. The Morgan fingerprint density at radius 2 is 1.67 bits per heavy atom. The summed E-state index contributed by atoms with van der Waals surface area (Å²) in [5.74, 6) is 0.884. The Morgan fingerprint density at radius 1 is 1.06 bits per heavy atom. The Morgan fingerprint density at radius 3 is 2.17 bits per heavy atom. The van der Waals surface area contributed by atoms with Crippen LogP contribution in [0.4, 0.5) is 5.69 Å². The van der Waals surface area contributed by atoms with E-state index in [9.17, 15) is 0 Å². The normalized spacial score (nSPS) is 30.5. The Bertz CT molecular complexity index is 421. The van der Waals surface area contributed by atoms with Crippen molar-refractivity contribution in [3.05, 3.63) is 28.8 Å². The van der Waals surface area contributed by atoms with Crippen LogP contribution in [0.2, 0.25) is 0 Å². The van der Waals surface area contributed by atoms with Crippen LogP contribution in [0.1, 0.15) is 29.5 Å². The second kappa shape index (κ2) is 4.58. The zero-order chi connectivity index (χ0) is 12.7. The number of nitrogens with one attached hydrogen (secondary N) is 1. The molecule has 0 aliphatic carbocycles. The van der Waals surface area contributed by atoms with E-state index < -0.39 is 0 Å². The molecule has 98 valence electrons. The van der Waals surface area contributed by atoms with Crippen LogP contribution >= 0.6 is 0 Å². The number of aryl methyl sites for hydroxylation is 3. The molecule has 3 heterocycles. The lowest BCUT2D eigenvalue weighted by Crippen LogP contribution is -2.53. The van der Waals surface area contributed by atoms with E-state index in [0.717, 1.165) is 5.92 Å². The quantitative estimate of drug-likeness (QED) is 0.860. The van der Waals surface area contributed by atoms with Gasteiger partial charge in [0.2, 0.25) is 0 Å². The minimum atomic E-state index is 0.660. The molecule has 2 heteroatoms. The van der Waals surface area contributed by atoms with Crippen LogP contribution in [0, 0.1) is 26.7 Å². The fourth-order valence-electron chi connectivity index (χ4n) is 3.72. The number of piperidine rings is 3. The van der Waals surface area contributed by atoms with Gasteiger partial charge in [-0.05, 0) is 63.7 Å². The van der Waals surface area contributed by atoms with Crippen LogP contribution in [0.25, 0.3) is 0 Å². The number of benzene rings is 1. The number of hydrogen-bond acceptors (Lipinski definition) is 2. The maximum absolute atomic E-state index is 3.83. The fourth-order valence-corrected chi connectivity index (χ4v) is 3.72. The summed E-state index contributed by atoms with van der Waals surface area (Å²) in [4.78, 5) is 2.61. The fraction of sp³-hybridized carbons (Fsp3) is 0.625. The molecule has 0 aromatic heterocycles. The van der Waals surface area contributed by atoms with Gasteiger partial charge >= 0.3 is 0 Å². The molecule has 2 nitrogen and oxygen atoms in total. The highest BCUT2D eigenvalue weighted by atomic mass is 15.2. The minimum Gasteiger partial charge on any atom is -0.380 e. The SMILES string of the molecule is Cc1cc(C)c(NC2CN3CCC2CC3)c(C)c1. The summed E-state index contributed by atoms with van der Waals surface area (Å²) >= 11 is 0. The van der Waals surface area contributed by atoms with Crippen molar-refractivity contribution in [1.29, 1.82) is 0 Å². The van der Waals surface area contributed by atoms with Gasteiger partial charge in [-0.15, -0.1) is 0 Å². The topological polar surface area (TPSA) is 15.3 Å². The first-order chi connectivity index (χ1) is 8.63. The molecule has 3 aliphatic heterocycles. The Balaban J connectivity index is 1.81. The highest BCUT2D eigenvalue weighted by Gasteiger charge is 2.34. The lowest BCUT2D eigenvalue weighted by Gasteiger charge is -2.45. The van der Waals surface area contributed by atoms with Crippen molar-refractivity contribution in [1.82, 2.24) is 4.90 Å². The van der Waals surface area contributed by atoms with E-state index in [4.69, 9.17) is 0 Å². The molecule has 18 heavy (non-hydrogen) atoms. The summed E-state index contributed by atoms with van der Waals surface area (Å²) in [6.45, 7) is 10.5. The smallest absolute Gasteiger partial charge is 0.0417 e. The standard InChI is InChI=1S/C16H24N2/c1-11-8-12(2)16(13(3)9-11)17-15-10-18-6-4-14(15)5-7-18/h8-9,14-15,17H,4-7,10H2,1-3H3. The van der Waals surface area contributed by atoms with Crippen molar-refractivity contribution >= 4 is 5.69 Å². The average molecular weight is 244 g/mol. The van der Waals surface area contributed by atoms with Gasteiger partial charge in [-0.25, -0.2) is 0 Å². The first-order valence-electron chi connectivity index (χ1n) is 7.20. The second-order valence-corrected chi connectivity index (χ2v) is 6.16. The van der Waals surface area contributed by atoms with Crippen LogP contribution in [0.15, 0.2) is 12.1 Å². The van der Waals surface area contributed by atoms with E-state index in [-0.39, 0.29) is 0 Å². The zero-order valence-corrected chi connectivity index (χ0v) is 11.8. The molecule has 1 N–H and O–H groups in total. The Kier molecular flexibility index (Phi) is 3.06. The largest absolute Gasteiger partial charge is 0.380 e. The Labute approximate surface area is 110 Å². The molecule has 1 aromatic carbocycles. The first-order valence-corrected chi connectivity index (χ1v) is 7.20. The van der Waals surface area contributed by atoms with E-state index >= 15 is 0 Å². The van der Waals surface area contributed by atoms with E-state index in [1.54, 1.807) is 0 Å². The van der Waals surface area contributed by atoms with E-state index in [1.165, 1.54) is 54.9 Å². The third-order valence-electron chi connectivity index (χ3n) is 4.66. The van der Waals surface area contributed by atoms with E-state index in [2.05, 4.69) is 43.1 Å². The third-order valence-corrected chi connectivity index (χ3v) is 4.66. The van der Waals surface area contributed by atoms with Crippen LogP contribution < -0.4 is 5.32 Å².